The molecule has 0 amide bonds. The van der Waals surface area contributed by atoms with Crippen LogP contribution in [-0.2, 0) is 6.54 Å². The Kier molecular flexibility index (Phi) is 3.95. The first-order valence-electron chi connectivity index (χ1n) is 6.03. The van der Waals surface area contributed by atoms with Crippen LogP contribution in [0.15, 0.2) is 6.20 Å². The zero-order valence-electron chi connectivity index (χ0n) is 10.4. The lowest BCUT2D eigenvalue weighted by molar-refractivity contribution is 0.118. The monoisotopic (exact) mass is 239 g/mol. The number of nitrogens with one attached hydrogen (secondary N) is 1. The summed E-state index contributed by atoms with van der Waals surface area (Å²) in [6.45, 7) is 11.1. The molecule has 1 saturated heterocycles. The maximum atomic E-state index is 4.33. The molecule has 2 heterocycles. The first-order valence-corrected chi connectivity index (χ1v) is 6.84. The quantitative estimate of drug-likeness (QED) is 0.873. The zero-order valence-corrected chi connectivity index (χ0v) is 11.2. The number of hydrogen-bond acceptors (Lipinski definition) is 4. The molecule has 1 aliphatic rings. The van der Waals surface area contributed by atoms with Gasteiger partial charge in [-0.1, -0.05) is 13.8 Å². The number of thiazole rings is 1. The summed E-state index contributed by atoms with van der Waals surface area (Å²) in [5, 5.41) is 4.66. The molecule has 90 valence electrons. The highest BCUT2D eigenvalue weighted by molar-refractivity contribution is 7.11. The Morgan fingerprint density at radius 1 is 1.62 bits per heavy atom. The average molecular weight is 239 g/mol. The summed E-state index contributed by atoms with van der Waals surface area (Å²) >= 11 is 1.82. The lowest BCUT2D eigenvalue weighted by Crippen LogP contribution is -2.52. The van der Waals surface area contributed by atoms with Crippen LogP contribution < -0.4 is 5.32 Å². The van der Waals surface area contributed by atoms with E-state index in [1.165, 1.54) is 9.88 Å². The van der Waals surface area contributed by atoms with Crippen LogP contribution in [0.3, 0.4) is 0 Å². The predicted molar refractivity (Wildman–Crippen MR) is 68.8 cm³/mol. The molecule has 16 heavy (non-hydrogen) atoms. The molecule has 1 fully saturated rings. The number of piperazine rings is 1. The van der Waals surface area contributed by atoms with E-state index in [0.717, 1.165) is 26.2 Å². The topological polar surface area (TPSA) is 28.2 Å². The van der Waals surface area contributed by atoms with Gasteiger partial charge in [-0.2, -0.15) is 0 Å². The van der Waals surface area contributed by atoms with Crippen LogP contribution in [0.5, 0.6) is 0 Å². The summed E-state index contributed by atoms with van der Waals surface area (Å²) in [6, 6.07) is 0.663. The van der Waals surface area contributed by atoms with Crippen molar-refractivity contribution in [3.63, 3.8) is 0 Å². The van der Waals surface area contributed by atoms with Gasteiger partial charge in [0.25, 0.3) is 0 Å². The van der Waals surface area contributed by atoms with Gasteiger partial charge in [-0.3, -0.25) is 4.90 Å². The van der Waals surface area contributed by atoms with E-state index in [2.05, 4.69) is 36.0 Å². The van der Waals surface area contributed by atoms with Crippen molar-refractivity contribution in [2.45, 2.75) is 33.4 Å². The van der Waals surface area contributed by atoms with E-state index in [9.17, 15) is 0 Å². The van der Waals surface area contributed by atoms with Crippen LogP contribution in [0.2, 0.25) is 0 Å². The Morgan fingerprint density at radius 3 is 3.06 bits per heavy atom. The van der Waals surface area contributed by atoms with E-state index >= 15 is 0 Å². The Hall–Kier alpha value is -0.450. The van der Waals surface area contributed by atoms with E-state index in [1.54, 1.807) is 0 Å². The Balaban J connectivity index is 2.01. The Bertz CT molecular complexity index is 335. The molecule has 2 rings (SSSR count). The summed E-state index contributed by atoms with van der Waals surface area (Å²) in [5.41, 5.74) is 0. The van der Waals surface area contributed by atoms with Crippen molar-refractivity contribution in [2.75, 3.05) is 19.6 Å². The molecular weight excluding hydrogens is 218 g/mol. The molecule has 1 atom stereocenters. The third kappa shape index (κ3) is 2.81. The highest BCUT2D eigenvalue weighted by Crippen LogP contribution is 2.19. The van der Waals surface area contributed by atoms with E-state index < -0.39 is 0 Å². The first kappa shape index (κ1) is 12.0. The number of rotatable bonds is 3. The van der Waals surface area contributed by atoms with Gasteiger partial charge < -0.3 is 5.32 Å². The number of aryl methyl sites for hydroxylation is 1. The standard InChI is InChI=1S/C12H21N3S/c1-9(2)12-7-13-4-5-15(12)8-11-6-14-10(3)16-11/h6,9,12-13H,4-5,7-8H2,1-3H3. The molecule has 0 saturated carbocycles. The summed E-state index contributed by atoms with van der Waals surface area (Å²) in [4.78, 5) is 8.31. The lowest BCUT2D eigenvalue weighted by atomic mass is 10.0. The molecule has 0 aromatic carbocycles. The molecule has 1 aromatic rings. The fourth-order valence-electron chi connectivity index (χ4n) is 2.30. The minimum Gasteiger partial charge on any atom is -0.314 e. The molecule has 1 unspecified atom stereocenters. The summed E-state index contributed by atoms with van der Waals surface area (Å²) < 4.78 is 0. The van der Waals surface area contributed by atoms with Crippen molar-refractivity contribution in [2.24, 2.45) is 5.92 Å². The highest BCUT2D eigenvalue weighted by atomic mass is 32.1. The molecule has 0 aliphatic carbocycles. The minimum absolute atomic E-state index is 0.663. The van der Waals surface area contributed by atoms with Gasteiger partial charge >= 0.3 is 0 Å². The summed E-state index contributed by atoms with van der Waals surface area (Å²) in [5.74, 6) is 0.710. The largest absolute Gasteiger partial charge is 0.314 e. The van der Waals surface area contributed by atoms with Crippen molar-refractivity contribution >= 4 is 11.3 Å². The molecular formula is C12H21N3S. The van der Waals surface area contributed by atoms with Crippen LogP contribution >= 0.6 is 11.3 Å². The van der Waals surface area contributed by atoms with E-state index in [-0.39, 0.29) is 0 Å². The smallest absolute Gasteiger partial charge is 0.0897 e. The van der Waals surface area contributed by atoms with Crippen LogP contribution in [0.25, 0.3) is 0 Å². The normalized spacial score (nSPS) is 22.9. The second kappa shape index (κ2) is 5.25. The Labute approximate surface area is 102 Å². The van der Waals surface area contributed by atoms with Gasteiger partial charge in [-0.05, 0) is 12.8 Å². The van der Waals surface area contributed by atoms with Gasteiger partial charge in [0.05, 0.1) is 5.01 Å². The third-order valence-corrected chi connectivity index (χ3v) is 4.09. The van der Waals surface area contributed by atoms with E-state index in [0.29, 0.717) is 12.0 Å². The Morgan fingerprint density at radius 2 is 2.44 bits per heavy atom. The van der Waals surface area contributed by atoms with Gasteiger partial charge in [-0.25, -0.2) is 4.98 Å². The molecule has 0 spiro atoms. The molecule has 1 aliphatic heterocycles. The van der Waals surface area contributed by atoms with Crippen LogP contribution in [0.1, 0.15) is 23.7 Å². The molecule has 1 N–H and O–H groups in total. The second-order valence-electron chi connectivity index (χ2n) is 4.83. The number of aromatic nitrogens is 1. The van der Waals surface area contributed by atoms with Crippen molar-refractivity contribution in [3.05, 3.63) is 16.1 Å². The van der Waals surface area contributed by atoms with Crippen molar-refractivity contribution in [3.8, 4) is 0 Å². The average Bonchev–Trinajstić information content (AvgIpc) is 2.64. The lowest BCUT2D eigenvalue weighted by Gasteiger charge is -2.38. The van der Waals surface area contributed by atoms with Gasteiger partial charge in [0.1, 0.15) is 0 Å². The van der Waals surface area contributed by atoms with Crippen molar-refractivity contribution < 1.29 is 0 Å². The second-order valence-corrected chi connectivity index (χ2v) is 6.15. The van der Waals surface area contributed by atoms with Crippen molar-refractivity contribution in [1.82, 2.24) is 15.2 Å². The first-order chi connectivity index (χ1) is 7.66. The third-order valence-electron chi connectivity index (χ3n) is 3.20. The number of nitrogens with zero attached hydrogens (tertiary/aromatic N) is 2. The maximum Gasteiger partial charge on any atom is 0.0897 e. The van der Waals surface area contributed by atoms with Crippen LogP contribution in [0.4, 0.5) is 0 Å². The van der Waals surface area contributed by atoms with E-state index in [1.807, 2.05) is 17.5 Å². The molecule has 0 radical (unpaired) electrons. The minimum atomic E-state index is 0.663. The molecule has 1 aromatic heterocycles. The van der Waals surface area contributed by atoms with Gasteiger partial charge in [0, 0.05) is 43.3 Å². The number of hydrogen-bond donors (Lipinski definition) is 1. The van der Waals surface area contributed by atoms with Gasteiger partial charge in [0.2, 0.25) is 0 Å². The van der Waals surface area contributed by atoms with E-state index in [4.69, 9.17) is 0 Å². The molecule has 4 heteroatoms. The maximum absolute atomic E-state index is 4.33. The van der Waals surface area contributed by atoms with Crippen LogP contribution in [-0.4, -0.2) is 35.6 Å². The predicted octanol–water partition coefficient (Wildman–Crippen LogP) is 1.88. The highest BCUT2D eigenvalue weighted by Gasteiger charge is 2.25. The summed E-state index contributed by atoms with van der Waals surface area (Å²) in [7, 11) is 0. The zero-order chi connectivity index (χ0) is 11.5. The summed E-state index contributed by atoms with van der Waals surface area (Å²) in [6.07, 6.45) is 2.03. The SMILES string of the molecule is Cc1ncc(CN2CCNCC2C(C)C)s1. The van der Waals surface area contributed by atoms with Gasteiger partial charge in [0.15, 0.2) is 0 Å². The molecule has 0 bridgehead atoms. The van der Waals surface area contributed by atoms with Crippen molar-refractivity contribution in [1.29, 1.82) is 0 Å². The van der Waals surface area contributed by atoms with Gasteiger partial charge in [-0.15, -0.1) is 11.3 Å². The molecule has 3 nitrogen and oxygen atoms in total. The fraction of sp³-hybridized carbons (Fsp3) is 0.750. The van der Waals surface area contributed by atoms with Crippen LogP contribution in [0, 0.1) is 12.8 Å². The fourth-order valence-corrected chi connectivity index (χ4v) is 3.12.